The van der Waals surface area contributed by atoms with Crippen LogP contribution in [0.4, 0.5) is 0 Å². The lowest BCUT2D eigenvalue weighted by Crippen LogP contribution is -2.03. The van der Waals surface area contributed by atoms with E-state index >= 15 is 0 Å². The third-order valence-corrected chi connectivity index (χ3v) is 3.47. The molecule has 0 unspecified atom stereocenters. The molecule has 0 aliphatic rings. The first kappa shape index (κ1) is 19.2. The van der Waals surface area contributed by atoms with Gasteiger partial charge < -0.3 is 4.74 Å². The van der Waals surface area contributed by atoms with Gasteiger partial charge in [-0.1, -0.05) is 77.4 Å². The number of carbonyl (C=O) groups excluding carboxylic acids is 1. The van der Waals surface area contributed by atoms with Crippen molar-refractivity contribution in [3.63, 3.8) is 0 Å². The highest BCUT2D eigenvalue weighted by Gasteiger charge is 2.00. The Balaban J connectivity index is 3.25. The number of carbonyl (C=O) groups is 1. The number of esters is 1. The maximum absolute atomic E-state index is 11.4. The summed E-state index contributed by atoms with van der Waals surface area (Å²) in [5.74, 6) is -0.0453. The zero-order valence-corrected chi connectivity index (χ0v) is 13.7. The Bertz CT molecular complexity index is 234. The first-order chi connectivity index (χ1) is 9.81. The van der Waals surface area contributed by atoms with Crippen LogP contribution in [0.2, 0.25) is 0 Å². The summed E-state index contributed by atoms with van der Waals surface area (Å²) >= 11 is 0. The highest BCUT2D eigenvalue weighted by atomic mass is 16.5. The van der Waals surface area contributed by atoms with Gasteiger partial charge in [0.2, 0.25) is 0 Å². The van der Waals surface area contributed by atoms with E-state index in [1.54, 1.807) is 0 Å². The molecule has 0 fully saturated rings. The second-order valence-electron chi connectivity index (χ2n) is 5.52. The molecule has 0 spiro atoms. The van der Waals surface area contributed by atoms with E-state index in [4.69, 9.17) is 4.74 Å². The number of rotatable bonds is 14. The molecule has 0 atom stereocenters. The van der Waals surface area contributed by atoms with Crippen molar-refractivity contribution in [1.29, 1.82) is 0 Å². The van der Waals surface area contributed by atoms with Crippen LogP contribution in [-0.2, 0) is 9.53 Å². The fourth-order valence-corrected chi connectivity index (χ4v) is 2.14. The number of hydrogen-bond donors (Lipinski definition) is 0. The Labute approximate surface area is 126 Å². The van der Waals surface area contributed by atoms with Crippen molar-refractivity contribution in [3.05, 3.63) is 12.2 Å². The zero-order valence-electron chi connectivity index (χ0n) is 13.7. The minimum atomic E-state index is -0.0453. The van der Waals surface area contributed by atoms with Gasteiger partial charge in [-0.25, -0.2) is 0 Å². The van der Waals surface area contributed by atoms with Crippen LogP contribution < -0.4 is 0 Å². The van der Waals surface area contributed by atoms with E-state index in [0.29, 0.717) is 13.0 Å². The van der Waals surface area contributed by atoms with Gasteiger partial charge in [-0.15, -0.1) is 0 Å². The van der Waals surface area contributed by atoms with Crippen molar-refractivity contribution in [3.8, 4) is 0 Å². The highest BCUT2D eigenvalue weighted by Crippen LogP contribution is 2.07. The predicted octanol–water partition coefficient (Wildman–Crippen LogP) is 5.81. The van der Waals surface area contributed by atoms with E-state index in [0.717, 1.165) is 19.3 Å². The molecular weight excluding hydrogens is 248 g/mol. The van der Waals surface area contributed by atoms with E-state index in [2.05, 4.69) is 19.9 Å². The van der Waals surface area contributed by atoms with Crippen LogP contribution >= 0.6 is 0 Å². The van der Waals surface area contributed by atoms with Gasteiger partial charge in [0.05, 0.1) is 0 Å². The van der Waals surface area contributed by atoms with Gasteiger partial charge >= 0.3 is 5.97 Å². The van der Waals surface area contributed by atoms with Crippen molar-refractivity contribution < 1.29 is 9.53 Å². The molecule has 0 heterocycles. The Morgan fingerprint density at radius 3 is 2.10 bits per heavy atom. The largest absolute Gasteiger partial charge is 0.461 e. The van der Waals surface area contributed by atoms with Crippen molar-refractivity contribution in [2.45, 2.75) is 90.9 Å². The molecule has 0 saturated carbocycles. The summed E-state index contributed by atoms with van der Waals surface area (Å²) in [6, 6.07) is 0. The Hall–Kier alpha value is -0.790. The summed E-state index contributed by atoms with van der Waals surface area (Å²) in [5.41, 5.74) is 0. The molecule has 0 aromatic heterocycles. The third-order valence-electron chi connectivity index (χ3n) is 3.47. The topological polar surface area (TPSA) is 26.3 Å². The number of hydrogen-bond acceptors (Lipinski definition) is 2. The van der Waals surface area contributed by atoms with Crippen molar-refractivity contribution in [1.82, 2.24) is 0 Å². The van der Waals surface area contributed by atoms with Gasteiger partial charge in [-0.05, 0) is 19.3 Å². The van der Waals surface area contributed by atoms with E-state index < -0.39 is 0 Å². The monoisotopic (exact) mass is 282 g/mol. The van der Waals surface area contributed by atoms with E-state index in [9.17, 15) is 4.79 Å². The predicted molar refractivity (Wildman–Crippen MR) is 86.9 cm³/mol. The molecule has 2 heteroatoms. The van der Waals surface area contributed by atoms with E-state index in [1.165, 1.54) is 51.4 Å². The van der Waals surface area contributed by atoms with Crippen LogP contribution in [0.3, 0.4) is 0 Å². The lowest BCUT2D eigenvalue weighted by molar-refractivity contribution is -0.142. The molecule has 0 N–H and O–H groups in total. The fourth-order valence-electron chi connectivity index (χ4n) is 2.14. The second-order valence-corrected chi connectivity index (χ2v) is 5.52. The van der Waals surface area contributed by atoms with Crippen LogP contribution in [0.15, 0.2) is 12.2 Å². The van der Waals surface area contributed by atoms with Gasteiger partial charge in [-0.3, -0.25) is 4.79 Å². The molecule has 0 aromatic carbocycles. The van der Waals surface area contributed by atoms with Gasteiger partial charge in [0.1, 0.15) is 6.61 Å². The molecular formula is C18H34O2. The Kier molecular flexibility index (Phi) is 15.6. The van der Waals surface area contributed by atoms with E-state index in [-0.39, 0.29) is 5.97 Å². The van der Waals surface area contributed by atoms with Crippen molar-refractivity contribution in [2.24, 2.45) is 0 Å². The van der Waals surface area contributed by atoms with Crippen LogP contribution in [-0.4, -0.2) is 12.6 Å². The van der Waals surface area contributed by atoms with Gasteiger partial charge in [0, 0.05) is 6.42 Å². The van der Waals surface area contributed by atoms with Crippen molar-refractivity contribution >= 4 is 5.97 Å². The Morgan fingerprint density at radius 1 is 0.800 bits per heavy atom. The van der Waals surface area contributed by atoms with Crippen LogP contribution in [0.25, 0.3) is 0 Å². The minimum absolute atomic E-state index is 0.0453. The summed E-state index contributed by atoms with van der Waals surface area (Å²) in [5, 5.41) is 0. The average Bonchev–Trinajstić information content (AvgIpc) is 2.45. The maximum Gasteiger partial charge on any atom is 0.306 e. The van der Waals surface area contributed by atoms with Gasteiger partial charge in [0.25, 0.3) is 0 Å². The number of ether oxygens (including phenoxy) is 1. The average molecular weight is 282 g/mol. The normalized spacial score (nSPS) is 11.1. The lowest BCUT2D eigenvalue weighted by atomic mass is 10.1. The van der Waals surface area contributed by atoms with Crippen LogP contribution in [0.1, 0.15) is 90.9 Å². The third kappa shape index (κ3) is 15.3. The van der Waals surface area contributed by atoms with Crippen molar-refractivity contribution in [2.75, 3.05) is 6.61 Å². The summed E-state index contributed by atoms with van der Waals surface area (Å²) in [6.45, 7) is 4.89. The first-order valence-corrected chi connectivity index (χ1v) is 8.61. The molecule has 0 aliphatic heterocycles. The zero-order chi connectivity index (χ0) is 14.9. The SMILES string of the molecule is CCCCCC/C=C\COC(=O)CCCCCCCC. The molecule has 118 valence electrons. The molecule has 2 nitrogen and oxygen atoms in total. The second kappa shape index (κ2) is 16.3. The number of allylic oxidation sites excluding steroid dienone is 1. The molecule has 0 aromatic rings. The van der Waals surface area contributed by atoms with E-state index in [1.807, 2.05) is 6.08 Å². The molecule has 0 amide bonds. The molecule has 0 aliphatic carbocycles. The Morgan fingerprint density at radius 2 is 1.40 bits per heavy atom. The minimum Gasteiger partial charge on any atom is -0.461 e. The fraction of sp³-hybridized carbons (Fsp3) is 0.833. The maximum atomic E-state index is 11.4. The summed E-state index contributed by atoms with van der Waals surface area (Å²) in [4.78, 5) is 11.4. The highest BCUT2D eigenvalue weighted by molar-refractivity contribution is 5.69. The molecule has 0 radical (unpaired) electrons. The summed E-state index contributed by atoms with van der Waals surface area (Å²) in [6.07, 6.45) is 18.2. The first-order valence-electron chi connectivity index (χ1n) is 8.61. The smallest absolute Gasteiger partial charge is 0.306 e. The summed E-state index contributed by atoms with van der Waals surface area (Å²) < 4.78 is 5.17. The molecule has 20 heavy (non-hydrogen) atoms. The lowest BCUT2D eigenvalue weighted by Gasteiger charge is -2.02. The quantitative estimate of drug-likeness (QED) is 0.228. The summed E-state index contributed by atoms with van der Waals surface area (Å²) in [7, 11) is 0. The standard InChI is InChI=1S/C18H34O2/c1-3-5-7-9-11-13-15-17-20-18(19)16-14-12-10-8-6-4-2/h13,15H,3-12,14,16-17H2,1-2H3/b15-13-. The molecule has 0 bridgehead atoms. The van der Waals surface area contributed by atoms with Gasteiger partial charge in [0.15, 0.2) is 0 Å². The van der Waals surface area contributed by atoms with Gasteiger partial charge in [-0.2, -0.15) is 0 Å². The number of unbranched alkanes of at least 4 members (excludes halogenated alkanes) is 9. The van der Waals surface area contributed by atoms with Crippen LogP contribution in [0.5, 0.6) is 0 Å². The molecule has 0 rings (SSSR count). The van der Waals surface area contributed by atoms with Crippen LogP contribution in [0, 0.1) is 0 Å². The molecule has 0 saturated heterocycles.